The number of likely N-dealkylation sites (N-methyl/N-ethyl adjacent to an activating group) is 1. The zero-order chi connectivity index (χ0) is 17.6. The van der Waals surface area contributed by atoms with Crippen molar-refractivity contribution < 1.29 is 0 Å². The molecule has 0 fully saturated rings. The Morgan fingerprint density at radius 3 is 2.68 bits per heavy atom. The first-order chi connectivity index (χ1) is 12.1. The molecule has 6 nitrogen and oxygen atoms in total. The number of aryl methyl sites for hydroxylation is 2. The maximum Gasteiger partial charge on any atom is 0.249 e. The van der Waals surface area contributed by atoms with Gasteiger partial charge in [0.1, 0.15) is 0 Å². The molecular formula is C19H22N6. The van der Waals surface area contributed by atoms with Crippen LogP contribution in [0.1, 0.15) is 16.7 Å². The minimum atomic E-state index is 0.502. The van der Waals surface area contributed by atoms with Gasteiger partial charge in [-0.3, -0.25) is 4.98 Å². The Morgan fingerprint density at radius 2 is 1.88 bits per heavy atom. The molecule has 0 aliphatic heterocycles. The lowest BCUT2D eigenvalue weighted by Crippen LogP contribution is -2.22. The minimum absolute atomic E-state index is 0.502. The fourth-order valence-corrected chi connectivity index (χ4v) is 2.48. The van der Waals surface area contributed by atoms with Gasteiger partial charge < -0.3 is 10.2 Å². The molecule has 6 heteroatoms. The van der Waals surface area contributed by atoms with E-state index in [2.05, 4.69) is 62.4 Å². The molecule has 0 radical (unpaired) electrons. The van der Waals surface area contributed by atoms with Crippen LogP contribution in [-0.4, -0.2) is 33.8 Å². The largest absolute Gasteiger partial charge is 0.358 e. The van der Waals surface area contributed by atoms with Crippen molar-refractivity contribution in [3.8, 4) is 0 Å². The average Bonchev–Trinajstić information content (AvgIpc) is 2.64. The van der Waals surface area contributed by atoms with Crippen LogP contribution in [-0.2, 0) is 6.42 Å². The second kappa shape index (κ2) is 7.70. The number of hydrogen-bond acceptors (Lipinski definition) is 6. The number of aromatic nitrogens is 4. The van der Waals surface area contributed by atoms with Crippen molar-refractivity contribution in [2.75, 3.05) is 23.8 Å². The smallest absolute Gasteiger partial charge is 0.249 e. The van der Waals surface area contributed by atoms with Gasteiger partial charge >= 0.3 is 0 Å². The Hall–Kier alpha value is -3.02. The number of anilines is 3. The standard InChI is InChI=1S/C19H22N6/c1-14-4-5-15(2)17(12-14)22-19-23-18(13-21-24-19)25(3)11-8-16-6-9-20-10-7-16/h4-7,9-10,12-13H,8,11H2,1-3H3,(H,22,23,24). The topological polar surface area (TPSA) is 66.8 Å². The summed E-state index contributed by atoms with van der Waals surface area (Å²) in [5.41, 5.74) is 4.58. The molecule has 1 N–H and O–H groups in total. The van der Waals surface area contributed by atoms with Gasteiger partial charge in [-0.15, -0.1) is 5.10 Å². The minimum Gasteiger partial charge on any atom is -0.358 e. The molecule has 0 saturated heterocycles. The molecule has 2 heterocycles. The lowest BCUT2D eigenvalue weighted by Gasteiger charge is -2.18. The number of pyridine rings is 1. The van der Waals surface area contributed by atoms with Gasteiger partial charge in [0.25, 0.3) is 0 Å². The summed E-state index contributed by atoms with van der Waals surface area (Å²) in [5, 5.41) is 11.4. The van der Waals surface area contributed by atoms with Crippen LogP contribution in [0.4, 0.5) is 17.5 Å². The summed E-state index contributed by atoms with van der Waals surface area (Å²) in [6, 6.07) is 10.3. The third-order valence-electron chi connectivity index (χ3n) is 4.06. The molecule has 2 aromatic heterocycles. The van der Waals surface area contributed by atoms with E-state index in [1.165, 1.54) is 11.1 Å². The first kappa shape index (κ1) is 16.8. The van der Waals surface area contributed by atoms with Crippen molar-refractivity contribution in [3.05, 3.63) is 65.6 Å². The highest BCUT2D eigenvalue weighted by Gasteiger charge is 2.07. The van der Waals surface area contributed by atoms with E-state index in [9.17, 15) is 0 Å². The van der Waals surface area contributed by atoms with Gasteiger partial charge in [-0.05, 0) is 55.2 Å². The summed E-state index contributed by atoms with van der Waals surface area (Å²) in [4.78, 5) is 10.7. The highest BCUT2D eigenvalue weighted by atomic mass is 15.3. The number of rotatable bonds is 6. The average molecular weight is 334 g/mol. The van der Waals surface area contributed by atoms with Crippen LogP contribution >= 0.6 is 0 Å². The molecule has 0 aliphatic rings. The Morgan fingerprint density at radius 1 is 1.08 bits per heavy atom. The van der Waals surface area contributed by atoms with E-state index in [1.54, 1.807) is 6.20 Å². The third kappa shape index (κ3) is 4.50. The maximum absolute atomic E-state index is 4.58. The van der Waals surface area contributed by atoms with Crippen LogP contribution in [0.5, 0.6) is 0 Å². The monoisotopic (exact) mass is 334 g/mol. The molecule has 0 amide bonds. The molecule has 1 aromatic carbocycles. The molecule has 0 aliphatic carbocycles. The Balaban J connectivity index is 1.69. The predicted molar refractivity (Wildman–Crippen MR) is 100 cm³/mol. The second-order valence-electron chi connectivity index (χ2n) is 6.11. The second-order valence-corrected chi connectivity index (χ2v) is 6.11. The van der Waals surface area contributed by atoms with Crippen molar-refractivity contribution in [2.45, 2.75) is 20.3 Å². The van der Waals surface area contributed by atoms with Crippen LogP contribution in [0, 0.1) is 13.8 Å². The zero-order valence-electron chi connectivity index (χ0n) is 14.8. The highest BCUT2D eigenvalue weighted by molar-refractivity contribution is 5.59. The molecule has 0 unspecified atom stereocenters. The molecular weight excluding hydrogens is 312 g/mol. The van der Waals surface area contributed by atoms with Crippen molar-refractivity contribution in [1.82, 2.24) is 20.2 Å². The SMILES string of the molecule is Cc1ccc(C)c(Nc2nncc(N(C)CCc3ccncc3)n2)c1. The molecule has 3 rings (SSSR count). The first-order valence-electron chi connectivity index (χ1n) is 8.26. The Labute approximate surface area is 148 Å². The van der Waals surface area contributed by atoms with Gasteiger partial charge in [0.05, 0.1) is 6.20 Å². The van der Waals surface area contributed by atoms with Gasteiger partial charge in [0.15, 0.2) is 5.82 Å². The summed E-state index contributed by atoms with van der Waals surface area (Å²) in [6.45, 7) is 4.96. The van der Waals surface area contributed by atoms with E-state index in [1.807, 2.05) is 31.6 Å². The predicted octanol–water partition coefficient (Wildman–Crippen LogP) is 3.31. The van der Waals surface area contributed by atoms with Crippen molar-refractivity contribution in [2.24, 2.45) is 0 Å². The number of benzene rings is 1. The van der Waals surface area contributed by atoms with Crippen molar-refractivity contribution >= 4 is 17.5 Å². The molecule has 128 valence electrons. The summed E-state index contributed by atoms with van der Waals surface area (Å²) in [6.07, 6.45) is 6.23. The van der Waals surface area contributed by atoms with E-state index >= 15 is 0 Å². The highest BCUT2D eigenvalue weighted by Crippen LogP contribution is 2.20. The van der Waals surface area contributed by atoms with Crippen LogP contribution in [0.3, 0.4) is 0 Å². The van der Waals surface area contributed by atoms with E-state index in [-0.39, 0.29) is 0 Å². The lowest BCUT2D eigenvalue weighted by molar-refractivity contribution is 0.840. The zero-order valence-corrected chi connectivity index (χ0v) is 14.8. The normalized spacial score (nSPS) is 10.5. The Kier molecular flexibility index (Phi) is 5.18. The summed E-state index contributed by atoms with van der Waals surface area (Å²) >= 11 is 0. The lowest BCUT2D eigenvalue weighted by atomic mass is 10.1. The maximum atomic E-state index is 4.58. The van der Waals surface area contributed by atoms with Gasteiger partial charge in [0.2, 0.25) is 5.95 Å². The van der Waals surface area contributed by atoms with Gasteiger partial charge in [-0.2, -0.15) is 10.1 Å². The van der Waals surface area contributed by atoms with Crippen LogP contribution < -0.4 is 10.2 Å². The van der Waals surface area contributed by atoms with Gasteiger partial charge in [-0.25, -0.2) is 0 Å². The van der Waals surface area contributed by atoms with Crippen molar-refractivity contribution in [1.29, 1.82) is 0 Å². The fourth-order valence-electron chi connectivity index (χ4n) is 2.48. The van der Waals surface area contributed by atoms with Gasteiger partial charge in [0, 0.05) is 31.7 Å². The summed E-state index contributed by atoms with van der Waals surface area (Å²) in [7, 11) is 2.01. The van der Waals surface area contributed by atoms with Crippen LogP contribution in [0.2, 0.25) is 0 Å². The quantitative estimate of drug-likeness (QED) is 0.746. The summed E-state index contributed by atoms with van der Waals surface area (Å²) in [5.74, 6) is 1.29. The number of hydrogen-bond donors (Lipinski definition) is 1. The third-order valence-corrected chi connectivity index (χ3v) is 4.06. The summed E-state index contributed by atoms with van der Waals surface area (Å²) < 4.78 is 0. The van der Waals surface area contributed by atoms with Crippen molar-refractivity contribution in [3.63, 3.8) is 0 Å². The van der Waals surface area contributed by atoms with E-state index in [4.69, 9.17) is 0 Å². The molecule has 0 atom stereocenters. The molecule has 0 bridgehead atoms. The van der Waals surface area contributed by atoms with Gasteiger partial charge in [-0.1, -0.05) is 12.1 Å². The molecule has 0 saturated carbocycles. The fraction of sp³-hybridized carbons (Fsp3) is 0.263. The van der Waals surface area contributed by atoms with E-state index in [0.717, 1.165) is 30.0 Å². The van der Waals surface area contributed by atoms with E-state index < -0.39 is 0 Å². The van der Waals surface area contributed by atoms with Crippen LogP contribution in [0.15, 0.2) is 48.9 Å². The van der Waals surface area contributed by atoms with Crippen LogP contribution in [0.25, 0.3) is 0 Å². The first-order valence-corrected chi connectivity index (χ1v) is 8.26. The Bertz CT molecular complexity index is 834. The number of nitrogens with zero attached hydrogens (tertiary/aromatic N) is 5. The van der Waals surface area contributed by atoms with E-state index in [0.29, 0.717) is 5.95 Å². The molecule has 25 heavy (non-hydrogen) atoms. The number of nitrogens with one attached hydrogen (secondary N) is 1. The molecule has 3 aromatic rings. The molecule has 0 spiro atoms.